The van der Waals surface area contributed by atoms with Crippen LogP contribution in [0, 0.1) is 10.1 Å². The zero-order valence-corrected chi connectivity index (χ0v) is 9.64. The molecule has 0 aliphatic heterocycles. The van der Waals surface area contributed by atoms with E-state index < -0.39 is 10.9 Å². The molecule has 1 atom stereocenters. The predicted octanol–water partition coefficient (Wildman–Crippen LogP) is 2.50. The van der Waals surface area contributed by atoms with Gasteiger partial charge < -0.3 is 10.4 Å². The van der Waals surface area contributed by atoms with Gasteiger partial charge in [0.1, 0.15) is 5.69 Å². The normalized spacial score (nSPS) is 11.9. The smallest absolute Gasteiger partial charge is 0.338 e. The molecule has 1 aromatic carbocycles. The van der Waals surface area contributed by atoms with Crippen molar-refractivity contribution in [2.75, 3.05) is 5.32 Å². The van der Waals surface area contributed by atoms with Crippen LogP contribution in [0.5, 0.6) is 0 Å². The highest BCUT2D eigenvalue weighted by Crippen LogP contribution is 2.29. The lowest BCUT2D eigenvalue weighted by Crippen LogP contribution is -2.17. The second kappa shape index (κ2) is 5.29. The Labute approximate surface area is 98.4 Å². The quantitative estimate of drug-likeness (QED) is 0.607. The number of rotatable bonds is 5. The number of carboxylic acid groups (broad SMARTS) is 1. The Morgan fingerprint density at radius 1 is 1.59 bits per heavy atom. The minimum atomic E-state index is -1.18. The fourth-order valence-corrected chi connectivity index (χ4v) is 1.37. The van der Waals surface area contributed by atoms with Crippen LogP contribution in [0.15, 0.2) is 18.2 Å². The molecule has 2 N–H and O–H groups in total. The van der Waals surface area contributed by atoms with E-state index in [4.69, 9.17) is 5.11 Å². The lowest BCUT2D eigenvalue weighted by Gasteiger charge is -2.14. The lowest BCUT2D eigenvalue weighted by molar-refractivity contribution is -0.384. The molecule has 0 radical (unpaired) electrons. The van der Waals surface area contributed by atoms with Crippen LogP contribution in [-0.2, 0) is 0 Å². The third-order valence-electron chi connectivity index (χ3n) is 2.47. The summed E-state index contributed by atoms with van der Waals surface area (Å²) in [6.07, 6.45) is 0.741. The molecule has 1 unspecified atom stereocenters. The standard InChI is InChI=1S/C11H14N2O4/c1-3-7(2)12-10-8(11(14)15)5-4-6-9(10)13(16)17/h4-7,12H,3H2,1-2H3,(H,14,15). The molecule has 0 heterocycles. The summed E-state index contributed by atoms with van der Waals surface area (Å²) in [5, 5.41) is 22.7. The number of carboxylic acids is 1. The zero-order valence-electron chi connectivity index (χ0n) is 9.64. The molecule has 1 aromatic rings. The van der Waals surface area contributed by atoms with Gasteiger partial charge in [0.25, 0.3) is 5.69 Å². The van der Waals surface area contributed by atoms with Gasteiger partial charge >= 0.3 is 5.97 Å². The van der Waals surface area contributed by atoms with E-state index in [1.54, 1.807) is 0 Å². The maximum atomic E-state index is 11.0. The molecule has 0 aliphatic rings. The summed E-state index contributed by atoms with van der Waals surface area (Å²) >= 11 is 0. The van der Waals surface area contributed by atoms with Crippen LogP contribution < -0.4 is 5.32 Å². The maximum Gasteiger partial charge on any atom is 0.338 e. The molecule has 0 aromatic heterocycles. The molecule has 6 nitrogen and oxygen atoms in total. The van der Waals surface area contributed by atoms with Gasteiger partial charge in [0, 0.05) is 12.1 Å². The van der Waals surface area contributed by atoms with Gasteiger partial charge in [0.2, 0.25) is 0 Å². The van der Waals surface area contributed by atoms with Crippen LogP contribution >= 0.6 is 0 Å². The lowest BCUT2D eigenvalue weighted by atomic mass is 10.1. The van der Waals surface area contributed by atoms with E-state index in [0.29, 0.717) is 0 Å². The average Bonchev–Trinajstić information content (AvgIpc) is 2.28. The van der Waals surface area contributed by atoms with Gasteiger partial charge in [-0.15, -0.1) is 0 Å². The SMILES string of the molecule is CCC(C)Nc1c(C(=O)O)cccc1[N+](=O)[O-]. The summed E-state index contributed by atoms with van der Waals surface area (Å²) in [5.74, 6) is -1.18. The Kier molecular flexibility index (Phi) is 4.03. The Morgan fingerprint density at radius 3 is 2.71 bits per heavy atom. The molecule has 0 saturated carbocycles. The fraction of sp³-hybridized carbons (Fsp3) is 0.364. The van der Waals surface area contributed by atoms with Crippen LogP contribution in [0.1, 0.15) is 30.6 Å². The molecule has 6 heteroatoms. The minimum absolute atomic E-state index is 0.0331. The molecule has 1 rings (SSSR count). The summed E-state index contributed by atoms with van der Waals surface area (Å²) in [4.78, 5) is 21.3. The van der Waals surface area contributed by atoms with Crippen LogP contribution in [-0.4, -0.2) is 22.0 Å². The minimum Gasteiger partial charge on any atom is -0.478 e. The number of nitrogens with zero attached hydrogens (tertiary/aromatic N) is 1. The molecule has 0 bridgehead atoms. The largest absolute Gasteiger partial charge is 0.478 e. The van der Waals surface area contributed by atoms with Gasteiger partial charge in [-0.2, -0.15) is 0 Å². The number of aromatic carboxylic acids is 1. The molecule has 0 amide bonds. The molecule has 17 heavy (non-hydrogen) atoms. The number of para-hydroxylation sites is 1. The zero-order chi connectivity index (χ0) is 13.0. The maximum absolute atomic E-state index is 11.0. The number of nitrogens with one attached hydrogen (secondary N) is 1. The van der Waals surface area contributed by atoms with Crippen LogP contribution in [0.4, 0.5) is 11.4 Å². The molecule has 0 aliphatic carbocycles. The topological polar surface area (TPSA) is 92.5 Å². The molecule has 0 spiro atoms. The number of hydrogen-bond donors (Lipinski definition) is 2. The highest BCUT2D eigenvalue weighted by molar-refractivity contribution is 5.96. The Balaban J connectivity index is 3.28. The van der Waals surface area contributed by atoms with E-state index in [-0.39, 0.29) is 23.0 Å². The average molecular weight is 238 g/mol. The van der Waals surface area contributed by atoms with Crippen molar-refractivity contribution in [3.8, 4) is 0 Å². The van der Waals surface area contributed by atoms with Crippen molar-refractivity contribution in [2.45, 2.75) is 26.3 Å². The number of benzene rings is 1. The van der Waals surface area contributed by atoms with Crippen LogP contribution in [0.2, 0.25) is 0 Å². The van der Waals surface area contributed by atoms with E-state index in [2.05, 4.69) is 5.32 Å². The predicted molar refractivity (Wildman–Crippen MR) is 63.4 cm³/mol. The van der Waals surface area contributed by atoms with E-state index >= 15 is 0 Å². The number of nitro benzene ring substituents is 1. The first-order valence-electron chi connectivity index (χ1n) is 5.24. The monoisotopic (exact) mass is 238 g/mol. The van der Waals surface area contributed by atoms with Gasteiger partial charge in [0.15, 0.2) is 0 Å². The number of hydrogen-bond acceptors (Lipinski definition) is 4. The van der Waals surface area contributed by atoms with Crippen LogP contribution in [0.3, 0.4) is 0 Å². The summed E-state index contributed by atoms with van der Waals surface area (Å²) in [5.41, 5.74) is -0.232. The summed E-state index contributed by atoms with van der Waals surface area (Å²) in [6.45, 7) is 3.75. The van der Waals surface area contributed by atoms with E-state index in [9.17, 15) is 14.9 Å². The van der Waals surface area contributed by atoms with E-state index in [1.807, 2.05) is 13.8 Å². The number of nitro groups is 1. The third kappa shape index (κ3) is 2.93. The van der Waals surface area contributed by atoms with Gasteiger partial charge in [-0.3, -0.25) is 10.1 Å². The molecular formula is C11H14N2O4. The highest BCUT2D eigenvalue weighted by Gasteiger charge is 2.21. The Bertz CT molecular complexity index is 413. The summed E-state index contributed by atoms with van der Waals surface area (Å²) in [6, 6.07) is 3.97. The first-order valence-corrected chi connectivity index (χ1v) is 5.24. The van der Waals surface area contributed by atoms with Crippen molar-refractivity contribution in [1.29, 1.82) is 0 Å². The van der Waals surface area contributed by atoms with Crippen molar-refractivity contribution >= 4 is 17.3 Å². The van der Waals surface area contributed by atoms with Crippen molar-refractivity contribution in [1.82, 2.24) is 0 Å². The first kappa shape index (κ1) is 13.0. The van der Waals surface area contributed by atoms with Crippen molar-refractivity contribution in [3.63, 3.8) is 0 Å². The Hall–Kier alpha value is -2.11. The molecule has 0 fully saturated rings. The Morgan fingerprint density at radius 2 is 2.24 bits per heavy atom. The number of anilines is 1. The second-order valence-electron chi connectivity index (χ2n) is 3.72. The second-order valence-corrected chi connectivity index (χ2v) is 3.72. The highest BCUT2D eigenvalue weighted by atomic mass is 16.6. The molecule has 92 valence electrons. The van der Waals surface area contributed by atoms with Crippen molar-refractivity contribution in [2.24, 2.45) is 0 Å². The van der Waals surface area contributed by atoms with Gasteiger partial charge in [-0.25, -0.2) is 4.79 Å². The molecular weight excluding hydrogens is 224 g/mol. The van der Waals surface area contributed by atoms with Gasteiger partial charge in [0.05, 0.1) is 10.5 Å². The third-order valence-corrected chi connectivity index (χ3v) is 2.47. The first-order chi connectivity index (χ1) is 7.97. The van der Waals surface area contributed by atoms with Crippen molar-refractivity contribution < 1.29 is 14.8 Å². The van der Waals surface area contributed by atoms with Crippen LogP contribution in [0.25, 0.3) is 0 Å². The molecule has 0 saturated heterocycles. The van der Waals surface area contributed by atoms with E-state index in [0.717, 1.165) is 6.42 Å². The number of carbonyl (C=O) groups is 1. The summed E-state index contributed by atoms with van der Waals surface area (Å²) < 4.78 is 0. The van der Waals surface area contributed by atoms with Gasteiger partial charge in [-0.05, 0) is 19.4 Å². The fourth-order valence-electron chi connectivity index (χ4n) is 1.37. The van der Waals surface area contributed by atoms with E-state index in [1.165, 1.54) is 18.2 Å². The van der Waals surface area contributed by atoms with Crippen molar-refractivity contribution in [3.05, 3.63) is 33.9 Å². The summed E-state index contributed by atoms with van der Waals surface area (Å²) in [7, 11) is 0. The van der Waals surface area contributed by atoms with Gasteiger partial charge in [-0.1, -0.05) is 13.0 Å².